The van der Waals surface area contributed by atoms with Crippen molar-refractivity contribution in [1.29, 1.82) is 0 Å². The van der Waals surface area contributed by atoms with Gasteiger partial charge in [-0.25, -0.2) is 8.42 Å². The minimum atomic E-state index is -3.58. The van der Waals surface area contributed by atoms with Crippen molar-refractivity contribution < 1.29 is 13.2 Å². The molecular formula is C18H25ClN4O3S. The zero-order chi connectivity index (χ0) is 18.4. The molecule has 27 heavy (non-hydrogen) atoms. The average molecular weight is 413 g/mol. The van der Waals surface area contributed by atoms with E-state index in [2.05, 4.69) is 15.0 Å². The van der Waals surface area contributed by atoms with Gasteiger partial charge < -0.3 is 10.2 Å². The van der Waals surface area contributed by atoms with E-state index in [-0.39, 0.29) is 29.0 Å². The molecule has 148 valence electrons. The van der Waals surface area contributed by atoms with Gasteiger partial charge in [0, 0.05) is 25.2 Å². The molecule has 1 unspecified atom stereocenters. The number of carbonyl (C=O) groups excluding carboxylic acids is 1. The Morgan fingerprint density at radius 2 is 1.93 bits per heavy atom. The van der Waals surface area contributed by atoms with Gasteiger partial charge in [0.05, 0.1) is 4.90 Å². The van der Waals surface area contributed by atoms with Crippen LogP contribution in [0.3, 0.4) is 0 Å². The summed E-state index contributed by atoms with van der Waals surface area (Å²) in [6, 6.07) is 6.09. The predicted octanol–water partition coefficient (Wildman–Crippen LogP) is 1.14. The number of rotatable bonds is 2. The second-order valence-corrected chi connectivity index (χ2v) is 9.16. The fourth-order valence-electron chi connectivity index (χ4n) is 4.17. The molecular weight excluding hydrogens is 388 g/mol. The third-order valence-corrected chi connectivity index (χ3v) is 7.21. The lowest BCUT2D eigenvalue weighted by atomic mass is 9.78. The quantitative estimate of drug-likeness (QED) is 0.762. The van der Waals surface area contributed by atoms with Gasteiger partial charge in [0.2, 0.25) is 5.91 Å². The van der Waals surface area contributed by atoms with Crippen LogP contribution in [0.4, 0.5) is 0 Å². The Morgan fingerprint density at radius 3 is 2.59 bits per heavy atom. The van der Waals surface area contributed by atoms with Crippen LogP contribution in [-0.2, 0) is 14.8 Å². The zero-order valence-electron chi connectivity index (χ0n) is 15.3. The lowest BCUT2D eigenvalue weighted by Crippen LogP contribution is -2.47. The van der Waals surface area contributed by atoms with Gasteiger partial charge in [-0.3, -0.25) is 14.5 Å². The van der Waals surface area contributed by atoms with Gasteiger partial charge in [-0.1, -0.05) is 12.1 Å². The number of carbonyl (C=O) groups is 1. The molecule has 1 amide bonds. The van der Waals surface area contributed by atoms with E-state index in [1.165, 1.54) is 6.42 Å². The Kier molecular flexibility index (Phi) is 5.52. The maximum atomic E-state index is 12.8. The number of benzene rings is 1. The summed E-state index contributed by atoms with van der Waals surface area (Å²) in [5, 5.41) is 3.42. The van der Waals surface area contributed by atoms with Crippen molar-refractivity contribution in [3.63, 3.8) is 0 Å². The van der Waals surface area contributed by atoms with Gasteiger partial charge in [0.1, 0.15) is 11.9 Å². The highest BCUT2D eigenvalue weighted by Gasteiger charge is 2.39. The molecule has 9 heteroatoms. The summed E-state index contributed by atoms with van der Waals surface area (Å²) < 4.78 is 26.8. The minimum Gasteiger partial charge on any atom is -0.341 e. The van der Waals surface area contributed by atoms with Crippen LogP contribution in [0, 0.1) is 5.41 Å². The van der Waals surface area contributed by atoms with Gasteiger partial charge in [-0.2, -0.15) is 0 Å². The van der Waals surface area contributed by atoms with E-state index in [1.54, 1.807) is 31.2 Å². The summed E-state index contributed by atoms with van der Waals surface area (Å²) >= 11 is 0. The first-order chi connectivity index (χ1) is 12.4. The van der Waals surface area contributed by atoms with Crippen LogP contribution in [0.15, 0.2) is 34.2 Å². The summed E-state index contributed by atoms with van der Waals surface area (Å²) in [6.45, 7) is 5.34. The lowest BCUT2D eigenvalue weighted by molar-refractivity contribution is -0.134. The molecule has 2 N–H and O–H groups in total. The second-order valence-electron chi connectivity index (χ2n) is 7.51. The fourth-order valence-corrected chi connectivity index (χ4v) is 5.41. The van der Waals surface area contributed by atoms with E-state index in [0.29, 0.717) is 11.0 Å². The molecule has 2 fully saturated rings. The topological polar surface area (TPSA) is 90.9 Å². The van der Waals surface area contributed by atoms with Gasteiger partial charge in [-0.05, 0) is 50.3 Å². The summed E-state index contributed by atoms with van der Waals surface area (Å²) in [6.07, 6.45) is 3.22. The molecule has 1 spiro atoms. The molecule has 0 aromatic heterocycles. The third-order valence-electron chi connectivity index (χ3n) is 5.81. The van der Waals surface area contributed by atoms with E-state index in [1.807, 2.05) is 4.90 Å². The van der Waals surface area contributed by atoms with Crippen molar-refractivity contribution in [3.05, 3.63) is 29.8 Å². The number of halogens is 1. The van der Waals surface area contributed by atoms with Crippen molar-refractivity contribution in [3.8, 4) is 0 Å². The van der Waals surface area contributed by atoms with Gasteiger partial charge >= 0.3 is 0 Å². The number of nitrogens with zero attached hydrogens (tertiary/aromatic N) is 2. The third kappa shape index (κ3) is 3.70. The smallest absolute Gasteiger partial charge is 0.263 e. The molecule has 2 saturated heterocycles. The first-order valence-electron chi connectivity index (χ1n) is 9.10. The van der Waals surface area contributed by atoms with E-state index < -0.39 is 16.1 Å². The van der Waals surface area contributed by atoms with Crippen LogP contribution in [0.25, 0.3) is 0 Å². The number of fused-ring (bicyclic) bond motifs is 1. The first kappa shape index (κ1) is 20.1. The average Bonchev–Trinajstić information content (AvgIpc) is 3.18. The summed E-state index contributed by atoms with van der Waals surface area (Å²) in [5.41, 5.74) is 0.883. The molecule has 4 rings (SSSR count). The molecule has 0 bridgehead atoms. The Bertz CT molecular complexity index is 855. The maximum absolute atomic E-state index is 12.8. The molecule has 1 aromatic carbocycles. The highest BCUT2D eigenvalue weighted by molar-refractivity contribution is 7.90. The molecule has 7 nitrogen and oxygen atoms in total. The van der Waals surface area contributed by atoms with Crippen LogP contribution in [-0.4, -0.2) is 57.3 Å². The van der Waals surface area contributed by atoms with Crippen LogP contribution < -0.4 is 10.0 Å². The summed E-state index contributed by atoms with van der Waals surface area (Å²) in [5.74, 6) is 0.219. The molecule has 3 aliphatic rings. The summed E-state index contributed by atoms with van der Waals surface area (Å²) in [7, 11) is -3.58. The maximum Gasteiger partial charge on any atom is 0.263 e. The van der Waals surface area contributed by atoms with E-state index in [0.717, 1.165) is 39.0 Å². The predicted molar refractivity (Wildman–Crippen MR) is 106 cm³/mol. The highest BCUT2D eigenvalue weighted by atomic mass is 35.5. The van der Waals surface area contributed by atoms with Crippen molar-refractivity contribution in [1.82, 2.24) is 14.9 Å². The Balaban J connectivity index is 0.00000210. The zero-order valence-corrected chi connectivity index (χ0v) is 16.9. The standard InChI is InChI=1S/C18H24N4O3S.ClH/c1-13(17(23)22-10-7-18(8-11-22)6-9-19-12-18)20-16-14-4-2-3-5-15(14)26(24,25)21-16;/h2-5,13,19H,6-12H2,1H3,(H,20,21);1H. The number of piperidine rings is 1. The van der Waals surface area contributed by atoms with E-state index in [9.17, 15) is 13.2 Å². The monoisotopic (exact) mass is 412 g/mol. The highest BCUT2D eigenvalue weighted by Crippen LogP contribution is 2.37. The number of amidine groups is 1. The van der Waals surface area contributed by atoms with Gasteiger partial charge in [-0.15, -0.1) is 12.4 Å². The van der Waals surface area contributed by atoms with Crippen LogP contribution in [0.1, 0.15) is 31.7 Å². The van der Waals surface area contributed by atoms with Crippen LogP contribution >= 0.6 is 12.4 Å². The molecule has 0 saturated carbocycles. The van der Waals surface area contributed by atoms with Crippen LogP contribution in [0.5, 0.6) is 0 Å². The Labute approximate surface area is 166 Å². The number of sulfonamides is 1. The Hall–Kier alpha value is -1.64. The fraction of sp³-hybridized carbons (Fsp3) is 0.556. The number of likely N-dealkylation sites (tertiary alicyclic amines) is 1. The number of hydrogen-bond donors (Lipinski definition) is 2. The van der Waals surface area contributed by atoms with Crippen molar-refractivity contribution in [2.75, 3.05) is 26.2 Å². The SMILES string of the molecule is CC(N=C1NS(=O)(=O)c2ccccc21)C(=O)N1CCC2(CCNC2)CC1.Cl. The summed E-state index contributed by atoms with van der Waals surface area (Å²) in [4.78, 5) is 19.3. The lowest BCUT2D eigenvalue weighted by Gasteiger charge is -2.39. The molecule has 1 atom stereocenters. The molecule has 0 radical (unpaired) electrons. The normalized spacial score (nSPS) is 24.9. The van der Waals surface area contributed by atoms with Gasteiger partial charge in [0.15, 0.2) is 0 Å². The van der Waals surface area contributed by atoms with E-state index in [4.69, 9.17) is 0 Å². The molecule has 1 aromatic rings. The molecule has 3 heterocycles. The number of aliphatic imine (C=N–C) groups is 1. The molecule has 3 aliphatic heterocycles. The van der Waals surface area contributed by atoms with Crippen LogP contribution in [0.2, 0.25) is 0 Å². The largest absolute Gasteiger partial charge is 0.341 e. The molecule has 0 aliphatic carbocycles. The number of nitrogens with one attached hydrogen (secondary N) is 2. The minimum absolute atomic E-state index is 0. The van der Waals surface area contributed by atoms with E-state index >= 15 is 0 Å². The van der Waals surface area contributed by atoms with Crippen molar-refractivity contribution in [2.45, 2.75) is 37.1 Å². The second kappa shape index (κ2) is 7.41. The van der Waals surface area contributed by atoms with Crippen molar-refractivity contribution >= 4 is 34.2 Å². The van der Waals surface area contributed by atoms with Gasteiger partial charge in [0.25, 0.3) is 10.0 Å². The number of hydrogen-bond acceptors (Lipinski definition) is 5. The Morgan fingerprint density at radius 1 is 1.22 bits per heavy atom. The number of amides is 1. The van der Waals surface area contributed by atoms with Crippen molar-refractivity contribution in [2.24, 2.45) is 10.4 Å². The first-order valence-corrected chi connectivity index (χ1v) is 10.6.